The van der Waals surface area contributed by atoms with Gasteiger partial charge in [-0.05, 0) is 0 Å². The van der Waals surface area contributed by atoms with E-state index in [9.17, 15) is 4.79 Å². The van der Waals surface area contributed by atoms with Gasteiger partial charge < -0.3 is 14.0 Å². The van der Waals surface area contributed by atoms with Gasteiger partial charge in [0.05, 0.1) is 13.7 Å². The molecule has 1 aliphatic rings. The highest BCUT2D eigenvalue weighted by Crippen LogP contribution is 2.08. The topological polar surface area (TPSA) is 56.6 Å². The molecular weight excluding hydrogens is 234 g/mol. The molecule has 0 spiro atoms. The molecule has 0 amide bonds. The smallest absolute Gasteiger partial charge is 0.336 e. The minimum atomic E-state index is -0.454. The quantitative estimate of drug-likeness (QED) is 0.698. The van der Waals surface area contributed by atoms with E-state index in [0.29, 0.717) is 13.2 Å². The summed E-state index contributed by atoms with van der Waals surface area (Å²) in [5.41, 5.74) is 0. The summed E-state index contributed by atoms with van der Waals surface area (Å²) < 4.78 is 12.1. The zero-order valence-electron chi connectivity index (χ0n) is 10.8. The van der Waals surface area contributed by atoms with Crippen LogP contribution in [0.4, 0.5) is 0 Å². The number of imidazole rings is 1. The molecule has 1 saturated heterocycles. The Bertz CT molecular complexity index is 405. The van der Waals surface area contributed by atoms with Crippen molar-refractivity contribution in [3.05, 3.63) is 18.2 Å². The van der Waals surface area contributed by atoms with Gasteiger partial charge in [-0.15, -0.1) is 0 Å². The molecule has 0 radical (unpaired) electrons. The maximum atomic E-state index is 11.4. The summed E-state index contributed by atoms with van der Waals surface area (Å²) in [6.45, 7) is 2.89. The van der Waals surface area contributed by atoms with Crippen molar-refractivity contribution in [3.63, 3.8) is 0 Å². The van der Waals surface area contributed by atoms with E-state index in [1.165, 1.54) is 7.11 Å². The van der Waals surface area contributed by atoms with Gasteiger partial charge in [0, 0.05) is 45.5 Å². The molecule has 1 aliphatic heterocycles. The molecule has 0 aliphatic carbocycles. The molecule has 18 heavy (non-hydrogen) atoms. The SMILES string of the molecule is COC(=O)C1CN(CCc2nccn2C)CCO1. The van der Waals surface area contributed by atoms with Crippen molar-refractivity contribution in [1.29, 1.82) is 0 Å². The monoisotopic (exact) mass is 253 g/mol. The molecule has 1 aromatic heterocycles. The molecule has 1 fully saturated rings. The third-order valence-electron chi connectivity index (χ3n) is 3.19. The summed E-state index contributed by atoms with van der Waals surface area (Å²) in [7, 11) is 3.37. The summed E-state index contributed by atoms with van der Waals surface area (Å²) in [6.07, 6.45) is 4.15. The molecule has 0 N–H and O–H groups in total. The van der Waals surface area contributed by atoms with Crippen LogP contribution in [0.2, 0.25) is 0 Å². The minimum absolute atomic E-state index is 0.295. The zero-order chi connectivity index (χ0) is 13.0. The normalized spacial score (nSPS) is 20.9. The molecular formula is C12H19N3O3. The van der Waals surface area contributed by atoms with Gasteiger partial charge in [-0.2, -0.15) is 0 Å². The second-order valence-corrected chi connectivity index (χ2v) is 4.39. The highest BCUT2D eigenvalue weighted by Gasteiger charge is 2.27. The first-order chi connectivity index (χ1) is 8.70. The maximum absolute atomic E-state index is 11.4. The van der Waals surface area contributed by atoms with Crippen molar-refractivity contribution in [2.45, 2.75) is 12.5 Å². The van der Waals surface area contributed by atoms with Crippen molar-refractivity contribution < 1.29 is 14.3 Å². The van der Waals surface area contributed by atoms with E-state index >= 15 is 0 Å². The van der Waals surface area contributed by atoms with Gasteiger partial charge in [0.1, 0.15) is 5.82 Å². The predicted molar refractivity (Wildman–Crippen MR) is 65.1 cm³/mol. The van der Waals surface area contributed by atoms with Gasteiger partial charge in [-0.25, -0.2) is 9.78 Å². The number of hydrogen-bond donors (Lipinski definition) is 0. The summed E-state index contributed by atoms with van der Waals surface area (Å²) in [4.78, 5) is 17.9. The summed E-state index contributed by atoms with van der Waals surface area (Å²) in [5.74, 6) is 0.757. The molecule has 1 atom stereocenters. The number of rotatable bonds is 4. The Labute approximate surface area is 106 Å². The molecule has 0 aromatic carbocycles. The van der Waals surface area contributed by atoms with Crippen molar-refractivity contribution >= 4 is 5.97 Å². The number of nitrogens with zero attached hydrogens (tertiary/aromatic N) is 3. The van der Waals surface area contributed by atoms with Crippen molar-refractivity contribution in [3.8, 4) is 0 Å². The van der Waals surface area contributed by atoms with Crippen LogP contribution in [0.1, 0.15) is 5.82 Å². The van der Waals surface area contributed by atoms with Gasteiger partial charge in [-0.1, -0.05) is 0 Å². The highest BCUT2D eigenvalue weighted by molar-refractivity contribution is 5.74. The molecule has 2 heterocycles. The Hall–Kier alpha value is -1.40. The number of aryl methyl sites for hydroxylation is 1. The zero-order valence-corrected chi connectivity index (χ0v) is 10.8. The van der Waals surface area contributed by atoms with Gasteiger partial charge in [0.25, 0.3) is 0 Å². The standard InChI is InChI=1S/C12H19N3O3/c1-14-6-4-13-11(14)3-5-15-7-8-18-10(9-15)12(16)17-2/h4,6,10H,3,5,7-9H2,1-2H3. The third kappa shape index (κ3) is 3.08. The van der Waals surface area contributed by atoms with Crippen molar-refractivity contribution in [1.82, 2.24) is 14.5 Å². The number of carbonyl (C=O) groups is 1. The van der Waals surface area contributed by atoms with E-state index < -0.39 is 6.10 Å². The fraction of sp³-hybridized carbons (Fsp3) is 0.667. The number of carbonyl (C=O) groups excluding carboxylic acids is 1. The van der Waals surface area contributed by atoms with Crippen LogP contribution in [0, 0.1) is 0 Å². The third-order valence-corrected chi connectivity index (χ3v) is 3.19. The lowest BCUT2D eigenvalue weighted by Crippen LogP contribution is -2.47. The first-order valence-electron chi connectivity index (χ1n) is 6.08. The van der Waals surface area contributed by atoms with Crippen LogP contribution in [0.15, 0.2) is 12.4 Å². The van der Waals surface area contributed by atoms with E-state index in [0.717, 1.165) is 25.3 Å². The molecule has 2 rings (SSSR count). The molecule has 0 saturated carbocycles. The van der Waals surface area contributed by atoms with Crippen LogP contribution < -0.4 is 0 Å². The highest BCUT2D eigenvalue weighted by atomic mass is 16.6. The largest absolute Gasteiger partial charge is 0.467 e. The Balaban J connectivity index is 1.83. The molecule has 6 nitrogen and oxygen atoms in total. The van der Waals surface area contributed by atoms with Crippen LogP contribution in [-0.4, -0.2) is 59.9 Å². The Morgan fingerprint density at radius 2 is 2.50 bits per heavy atom. The molecule has 0 bridgehead atoms. The predicted octanol–water partition coefficient (Wildman–Crippen LogP) is -0.164. The lowest BCUT2D eigenvalue weighted by Gasteiger charge is -2.31. The van der Waals surface area contributed by atoms with Crippen molar-refractivity contribution in [2.75, 3.05) is 33.4 Å². The summed E-state index contributed by atoms with van der Waals surface area (Å²) >= 11 is 0. The number of methoxy groups -OCH3 is 1. The van der Waals surface area contributed by atoms with E-state index in [1.807, 2.05) is 17.8 Å². The number of hydrogen-bond acceptors (Lipinski definition) is 5. The van der Waals surface area contributed by atoms with Gasteiger partial charge >= 0.3 is 5.97 Å². The van der Waals surface area contributed by atoms with E-state index in [2.05, 4.69) is 9.88 Å². The van der Waals surface area contributed by atoms with Crippen LogP contribution in [0.3, 0.4) is 0 Å². The average molecular weight is 253 g/mol. The van der Waals surface area contributed by atoms with Crippen LogP contribution in [0.25, 0.3) is 0 Å². The van der Waals surface area contributed by atoms with E-state index in [1.54, 1.807) is 6.20 Å². The minimum Gasteiger partial charge on any atom is -0.467 e. The number of aromatic nitrogens is 2. The first kappa shape index (κ1) is 13.0. The van der Waals surface area contributed by atoms with Crippen molar-refractivity contribution in [2.24, 2.45) is 7.05 Å². The summed E-state index contributed by atoms with van der Waals surface area (Å²) in [5, 5.41) is 0. The molecule has 1 aromatic rings. The van der Waals surface area contributed by atoms with E-state index in [4.69, 9.17) is 9.47 Å². The molecule has 100 valence electrons. The van der Waals surface area contributed by atoms with Gasteiger partial charge in [-0.3, -0.25) is 4.90 Å². The van der Waals surface area contributed by atoms with Crippen LogP contribution in [-0.2, 0) is 27.7 Å². The van der Waals surface area contributed by atoms with Gasteiger partial charge in [0.2, 0.25) is 0 Å². The lowest BCUT2D eigenvalue weighted by molar-refractivity contribution is -0.159. The second-order valence-electron chi connectivity index (χ2n) is 4.39. The Morgan fingerprint density at radius 3 is 3.17 bits per heavy atom. The maximum Gasteiger partial charge on any atom is 0.336 e. The summed E-state index contributed by atoms with van der Waals surface area (Å²) in [6, 6.07) is 0. The van der Waals surface area contributed by atoms with E-state index in [-0.39, 0.29) is 5.97 Å². The molecule has 1 unspecified atom stereocenters. The fourth-order valence-corrected chi connectivity index (χ4v) is 2.08. The Kier molecular flexibility index (Phi) is 4.33. The average Bonchev–Trinajstić information content (AvgIpc) is 2.81. The fourth-order valence-electron chi connectivity index (χ4n) is 2.08. The van der Waals surface area contributed by atoms with Crippen LogP contribution >= 0.6 is 0 Å². The number of esters is 1. The second kappa shape index (κ2) is 5.97. The lowest BCUT2D eigenvalue weighted by atomic mass is 10.2. The number of ether oxygens (including phenoxy) is 2. The Morgan fingerprint density at radius 1 is 1.67 bits per heavy atom. The number of morpholine rings is 1. The van der Waals surface area contributed by atoms with Crippen LogP contribution in [0.5, 0.6) is 0 Å². The first-order valence-corrected chi connectivity index (χ1v) is 6.08. The van der Waals surface area contributed by atoms with Gasteiger partial charge in [0.15, 0.2) is 6.10 Å². The molecule has 6 heteroatoms.